The van der Waals surface area contributed by atoms with Gasteiger partial charge in [0.25, 0.3) is 0 Å². The molecular weight excluding hydrogens is 452 g/mol. The second-order valence-corrected chi connectivity index (χ2v) is 8.43. The molecule has 0 aliphatic carbocycles. The first-order chi connectivity index (χ1) is 17.5. The first-order valence-electron chi connectivity index (χ1n) is 11.7. The maximum atomic E-state index is 13.2. The lowest BCUT2D eigenvalue weighted by Gasteiger charge is -2.19. The van der Waals surface area contributed by atoms with Crippen molar-refractivity contribution in [3.63, 3.8) is 0 Å². The lowest BCUT2D eigenvalue weighted by Crippen LogP contribution is -2.34. The number of rotatable bonds is 10. The van der Waals surface area contributed by atoms with Crippen LogP contribution in [0.25, 0.3) is 0 Å². The van der Waals surface area contributed by atoms with Crippen LogP contribution in [-0.2, 0) is 18.3 Å². The zero-order valence-electron chi connectivity index (χ0n) is 20.3. The second kappa shape index (κ2) is 11.8. The Hall–Kier alpha value is -4.48. The number of amides is 1. The molecule has 2 aromatic carbocycles. The molecule has 0 unspecified atom stereocenters. The van der Waals surface area contributed by atoms with Gasteiger partial charge >= 0.3 is 0 Å². The lowest BCUT2D eigenvalue weighted by atomic mass is 10.1. The number of hydrogen-bond donors (Lipinski definition) is 2. The summed E-state index contributed by atoms with van der Waals surface area (Å²) >= 11 is 0. The number of carbonyl (C=O) groups excluding carboxylic acids is 1. The summed E-state index contributed by atoms with van der Waals surface area (Å²) in [5, 5.41) is 19.4. The lowest BCUT2D eigenvalue weighted by molar-refractivity contribution is -0.118. The summed E-state index contributed by atoms with van der Waals surface area (Å²) in [6, 6.07) is 22.1. The fraction of sp³-hybridized carbons (Fsp3) is 0.214. The van der Waals surface area contributed by atoms with Crippen molar-refractivity contribution in [3.05, 3.63) is 108 Å². The normalized spacial score (nSPS) is 12.4. The van der Waals surface area contributed by atoms with Crippen LogP contribution in [0.15, 0.2) is 85.3 Å². The Balaban J connectivity index is 1.37. The second-order valence-electron chi connectivity index (χ2n) is 8.43. The van der Waals surface area contributed by atoms with E-state index in [1.54, 1.807) is 41.3 Å². The summed E-state index contributed by atoms with van der Waals surface area (Å²) in [7, 11) is 1.86. The van der Waals surface area contributed by atoms with Crippen molar-refractivity contribution in [3.8, 4) is 11.8 Å². The van der Waals surface area contributed by atoms with E-state index in [0.29, 0.717) is 23.7 Å². The van der Waals surface area contributed by atoms with Gasteiger partial charge in [0.2, 0.25) is 5.91 Å². The highest BCUT2D eigenvalue weighted by Gasteiger charge is 2.20. The molecule has 0 spiro atoms. The molecule has 8 nitrogen and oxygen atoms in total. The minimum Gasteiger partial charge on any atom is -0.484 e. The van der Waals surface area contributed by atoms with E-state index in [0.717, 1.165) is 23.1 Å². The number of benzene rings is 2. The fourth-order valence-corrected chi connectivity index (χ4v) is 3.76. The number of anilines is 1. The van der Waals surface area contributed by atoms with Gasteiger partial charge in [0.15, 0.2) is 0 Å². The molecule has 36 heavy (non-hydrogen) atoms. The van der Waals surface area contributed by atoms with Crippen LogP contribution < -0.4 is 15.4 Å². The topological polar surface area (TPSA) is 105 Å². The maximum absolute atomic E-state index is 13.2. The number of aromatic nitrogens is 3. The van der Waals surface area contributed by atoms with Gasteiger partial charge in [-0.3, -0.25) is 9.48 Å². The summed E-state index contributed by atoms with van der Waals surface area (Å²) in [5.41, 5.74) is 3.54. The van der Waals surface area contributed by atoms with E-state index in [4.69, 9.17) is 10.00 Å². The van der Waals surface area contributed by atoms with Crippen LogP contribution in [0.4, 0.5) is 5.82 Å². The van der Waals surface area contributed by atoms with Crippen LogP contribution in [-0.4, -0.2) is 27.2 Å². The molecule has 0 fully saturated rings. The smallest absolute Gasteiger partial charge is 0.247 e. The van der Waals surface area contributed by atoms with Gasteiger partial charge in [-0.2, -0.15) is 10.4 Å². The average Bonchev–Trinajstić information content (AvgIpc) is 3.35. The van der Waals surface area contributed by atoms with Gasteiger partial charge in [-0.15, -0.1) is 0 Å². The Morgan fingerprint density at radius 2 is 1.83 bits per heavy atom. The van der Waals surface area contributed by atoms with Gasteiger partial charge in [0, 0.05) is 25.4 Å². The number of hydrogen-bond acceptors (Lipinski definition) is 6. The number of aryl methyl sites for hydroxylation is 1. The monoisotopic (exact) mass is 480 g/mol. The molecule has 8 heteroatoms. The molecule has 2 heterocycles. The molecule has 0 radical (unpaired) electrons. The minimum atomic E-state index is -0.548. The van der Waals surface area contributed by atoms with E-state index in [1.165, 1.54) is 0 Å². The fourth-order valence-electron chi connectivity index (χ4n) is 3.76. The van der Waals surface area contributed by atoms with Gasteiger partial charge in [0.1, 0.15) is 23.7 Å². The van der Waals surface area contributed by atoms with Crippen LogP contribution in [0.1, 0.15) is 41.3 Å². The molecule has 0 saturated carbocycles. The quantitative estimate of drug-likeness (QED) is 0.350. The molecule has 0 bridgehead atoms. The van der Waals surface area contributed by atoms with Crippen molar-refractivity contribution >= 4 is 11.7 Å². The zero-order valence-corrected chi connectivity index (χ0v) is 20.3. The van der Waals surface area contributed by atoms with Crippen LogP contribution in [0, 0.1) is 11.3 Å². The first-order valence-corrected chi connectivity index (χ1v) is 11.7. The highest BCUT2D eigenvalue weighted by molar-refractivity contribution is 5.94. The maximum Gasteiger partial charge on any atom is 0.247 e. The highest BCUT2D eigenvalue weighted by Crippen LogP contribution is 2.22. The van der Waals surface area contributed by atoms with Gasteiger partial charge < -0.3 is 15.4 Å². The Bertz CT molecular complexity index is 1310. The molecule has 2 aromatic heterocycles. The largest absolute Gasteiger partial charge is 0.484 e. The van der Waals surface area contributed by atoms with Gasteiger partial charge in [-0.1, -0.05) is 42.5 Å². The summed E-state index contributed by atoms with van der Waals surface area (Å²) in [6.07, 6.45) is 5.82. The molecule has 182 valence electrons. The van der Waals surface area contributed by atoms with E-state index in [-0.39, 0.29) is 12.0 Å². The Kier molecular flexibility index (Phi) is 8.06. The Morgan fingerprint density at radius 3 is 2.47 bits per heavy atom. The van der Waals surface area contributed by atoms with Gasteiger partial charge in [-0.25, -0.2) is 4.98 Å². The molecule has 4 aromatic rings. The van der Waals surface area contributed by atoms with Crippen molar-refractivity contribution < 1.29 is 9.53 Å². The van der Waals surface area contributed by atoms with E-state index in [1.807, 2.05) is 62.6 Å². The minimum absolute atomic E-state index is 0.177. The third-order valence-corrected chi connectivity index (χ3v) is 5.74. The Labute approximate surface area is 210 Å². The van der Waals surface area contributed by atoms with Crippen molar-refractivity contribution in [1.29, 1.82) is 5.26 Å². The zero-order chi connectivity index (χ0) is 25.3. The molecule has 0 aliphatic rings. The molecule has 2 N–H and O–H groups in total. The van der Waals surface area contributed by atoms with E-state index in [2.05, 4.69) is 26.8 Å². The number of ether oxygens (including phenoxy) is 1. The van der Waals surface area contributed by atoms with Crippen molar-refractivity contribution in [2.75, 3.05) is 11.9 Å². The predicted molar refractivity (Wildman–Crippen MR) is 137 cm³/mol. The predicted octanol–water partition coefficient (Wildman–Crippen LogP) is 4.34. The summed E-state index contributed by atoms with van der Waals surface area (Å²) in [5.74, 6) is 0.839. The first kappa shape index (κ1) is 24.6. The van der Waals surface area contributed by atoms with E-state index < -0.39 is 6.04 Å². The number of pyridine rings is 1. The summed E-state index contributed by atoms with van der Waals surface area (Å²) in [6.45, 7) is 2.53. The van der Waals surface area contributed by atoms with Crippen molar-refractivity contribution in [2.45, 2.75) is 25.5 Å². The van der Waals surface area contributed by atoms with Crippen LogP contribution in [0.2, 0.25) is 0 Å². The van der Waals surface area contributed by atoms with Crippen LogP contribution in [0.5, 0.6) is 5.75 Å². The van der Waals surface area contributed by atoms with Gasteiger partial charge in [0.05, 0.1) is 24.0 Å². The third kappa shape index (κ3) is 6.56. The van der Waals surface area contributed by atoms with Crippen LogP contribution >= 0.6 is 0 Å². The molecule has 1 amide bonds. The molecule has 0 aliphatic heterocycles. The van der Waals surface area contributed by atoms with Gasteiger partial charge in [-0.05, 0) is 48.7 Å². The SMILES string of the molecule is C[C@H](Oc1ccc(NC(=O)[C@H](NCCc2ccc(C#N)cc2)c2ccccc2)nc1)c1cnn(C)c1. The number of nitriles is 1. The molecule has 2 atom stereocenters. The Morgan fingerprint density at radius 1 is 1.06 bits per heavy atom. The number of nitrogens with zero attached hydrogens (tertiary/aromatic N) is 4. The average molecular weight is 481 g/mol. The molecule has 4 rings (SSSR count). The number of nitrogens with one attached hydrogen (secondary N) is 2. The molecule has 0 saturated heterocycles. The van der Waals surface area contributed by atoms with Crippen molar-refractivity contribution in [2.24, 2.45) is 7.05 Å². The van der Waals surface area contributed by atoms with Crippen LogP contribution in [0.3, 0.4) is 0 Å². The van der Waals surface area contributed by atoms with E-state index in [9.17, 15) is 4.79 Å². The summed E-state index contributed by atoms with van der Waals surface area (Å²) in [4.78, 5) is 17.6. The number of carbonyl (C=O) groups is 1. The summed E-state index contributed by atoms with van der Waals surface area (Å²) < 4.78 is 7.67. The highest BCUT2D eigenvalue weighted by atomic mass is 16.5. The van der Waals surface area contributed by atoms with Crippen molar-refractivity contribution in [1.82, 2.24) is 20.1 Å². The molecular formula is C28H28N6O2. The standard InChI is InChI=1S/C28H28N6O2/c1-20(24-17-32-34(2)19-24)36-25-12-13-26(31-18-25)33-28(35)27(23-6-4-3-5-7-23)30-15-14-21-8-10-22(16-29)11-9-21/h3-13,17-20,27,30H,14-15H2,1-2H3,(H,31,33,35)/t20-,27+/m0/s1. The third-order valence-electron chi connectivity index (χ3n) is 5.74. The van der Waals surface area contributed by atoms with E-state index >= 15 is 0 Å².